The van der Waals surface area contributed by atoms with Crippen LogP contribution in [0.5, 0.6) is 0 Å². The van der Waals surface area contributed by atoms with Gasteiger partial charge in [0, 0.05) is 24.8 Å². The molecule has 1 aliphatic carbocycles. The largest absolute Gasteiger partial charge is 0.378 e. The van der Waals surface area contributed by atoms with Gasteiger partial charge in [-0.2, -0.15) is 9.40 Å². The molecule has 0 aromatic carbocycles. The second-order valence-corrected chi connectivity index (χ2v) is 8.50. The van der Waals surface area contributed by atoms with Crippen LogP contribution in [0.3, 0.4) is 0 Å². The number of rotatable bonds is 5. The van der Waals surface area contributed by atoms with Crippen molar-refractivity contribution in [3.8, 4) is 0 Å². The van der Waals surface area contributed by atoms with E-state index in [1.165, 1.54) is 12.8 Å². The van der Waals surface area contributed by atoms with Gasteiger partial charge in [-0.15, -0.1) is 0 Å². The van der Waals surface area contributed by atoms with Gasteiger partial charge in [0.1, 0.15) is 0 Å². The molecule has 0 amide bonds. The van der Waals surface area contributed by atoms with E-state index in [0.717, 1.165) is 23.4 Å². The van der Waals surface area contributed by atoms with Crippen molar-refractivity contribution in [1.29, 1.82) is 0 Å². The molecule has 2 heterocycles. The highest BCUT2D eigenvalue weighted by molar-refractivity contribution is 7.89. The number of hydrogen-bond donors (Lipinski definition) is 0. The molecule has 0 radical (unpaired) electrons. The van der Waals surface area contributed by atoms with Crippen molar-refractivity contribution in [2.75, 3.05) is 25.5 Å². The smallest absolute Gasteiger partial charge is 0.214 e. The van der Waals surface area contributed by atoms with E-state index in [4.69, 9.17) is 4.74 Å². The fourth-order valence-corrected chi connectivity index (χ4v) is 5.03. The maximum atomic E-state index is 12.8. The lowest BCUT2D eigenvalue weighted by atomic mass is 10.0. The van der Waals surface area contributed by atoms with Crippen LogP contribution in [0, 0.1) is 19.8 Å². The van der Waals surface area contributed by atoms with Gasteiger partial charge in [-0.05, 0) is 26.2 Å². The number of hydrogen-bond acceptors (Lipinski definition) is 4. The minimum Gasteiger partial charge on any atom is -0.378 e. The fourth-order valence-electron chi connectivity index (χ4n) is 3.26. The monoisotopic (exact) mass is 327 g/mol. The molecular formula is C15H25N3O3S. The molecule has 0 unspecified atom stereocenters. The van der Waals surface area contributed by atoms with E-state index in [1.54, 1.807) is 4.31 Å². The molecule has 2 fully saturated rings. The quantitative estimate of drug-likeness (QED) is 0.823. The number of morpholine rings is 1. The molecular weight excluding hydrogens is 302 g/mol. The van der Waals surface area contributed by atoms with Gasteiger partial charge >= 0.3 is 0 Å². The maximum Gasteiger partial charge on any atom is 0.214 e. The van der Waals surface area contributed by atoms with Crippen LogP contribution in [0.15, 0.2) is 0 Å². The van der Waals surface area contributed by atoms with Crippen LogP contribution in [0.4, 0.5) is 0 Å². The van der Waals surface area contributed by atoms with Crippen molar-refractivity contribution in [1.82, 2.24) is 14.1 Å². The summed E-state index contributed by atoms with van der Waals surface area (Å²) in [5, 5.41) is 4.43. The SMILES string of the molecule is Cc1nn(C)c(C)c1[C@H]1COCCN1S(=O)(=O)CCC1CC1. The Morgan fingerprint density at radius 3 is 2.64 bits per heavy atom. The Hall–Kier alpha value is -0.920. The number of sulfonamides is 1. The van der Waals surface area contributed by atoms with Gasteiger partial charge in [-0.25, -0.2) is 8.42 Å². The van der Waals surface area contributed by atoms with Gasteiger partial charge in [0.2, 0.25) is 10.0 Å². The highest BCUT2D eigenvalue weighted by atomic mass is 32.2. The van der Waals surface area contributed by atoms with Gasteiger partial charge in [-0.3, -0.25) is 4.68 Å². The van der Waals surface area contributed by atoms with Crippen molar-refractivity contribution >= 4 is 10.0 Å². The van der Waals surface area contributed by atoms with Crippen LogP contribution < -0.4 is 0 Å². The average molecular weight is 327 g/mol. The van der Waals surface area contributed by atoms with Crippen LogP contribution in [-0.4, -0.2) is 48.0 Å². The highest BCUT2D eigenvalue weighted by Crippen LogP contribution is 2.35. The van der Waals surface area contributed by atoms with Crippen LogP contribution in [0.25, 0.3) is 0 Å². The lowest BCUT2D eigenvalue weighted by molar-refractivity contribution is 0.0316. The second-order valence-electron chi connectivity index (χ2n) is 6.46. The van der Waals surface area contributed by atoms with E-state index >= 15 is 0 Å². The minimum atomic E-state index is -3.24. The van der Waals surface area contributed by atoms with E-state index in [1.807, 2.05) is 25.6 Å². The van der Waals surface area contributed by atoms with Gasteiger partial charge in [-0.1, -0.05) is 12.8 Å². The third-order valence-electron chi connectivity index (χ3n) is 4.82. The Morgan fingerprint density at radius 1 is 1.32 bits per heavy atom. The first-order valence-corrected chi connectivity index (χ1v) is 9.58. The molecule has 6 nitrogen and oxygen atoms in total. The summed E-state index contributed by atoms with van der Waals surface area (Å²) in [6, 6.07) is -0.244. The predicted molar refractivity (Wildman–Crippen MR) is 84.1 cm³/mol. The summed E-state index contributed by atoms with van der Waals surface area (Å²) < 4.78 is 34.6. The highest BCUT2D eigenvalue weighted by Gasteiger charge is 2.37. The third-order valence-corrected chi connectivity index (χ3v) is 6.72. The Morgan fingerprint density at radius 2 is 2.05 bits per heavy atom. The molecule has 22 heavy (non-hydrogen) atoms. The van der Waals surface area contributed by atoms with Gasteiger partial charge in [0.05, 0.1) is 30.7 Å². The topological polar surface area (TPSA) is 64.4 Å². The lowest BCUT2D eigenvalue weighted by Crippen LogP contribution is -2.44. The fraction of sp³-hybridized carbons (Fsp3) is 0.800. The van der Waals surface area contributed by atoms with Gasteiger partial charge in [0.25, 0.3) is 0 Å². The third kappa shape index (κ3) is 3.07. The molecule has 0 N–H and O–H groups in total. The number of aromatic nitrogens is 2. The summed E-state index contributed by atoms with van der Waals surface area (Å²) in [5.74, 6) is 0.878. The van der Waals surface area contributed by atoms with Crippen LogP contribution in [-0.2, 0) is 21.8 Å². The van der Waals surface area contributed by atoms with Crippen LogP contribution in [0.2, 0.25) is 0 Å². The van der Waals surface area contributed by atoms with Crippen LogP contribution >= 0.6 is 0 Å². The first-order valence-electron chi connectivity index (χ1n) is 7.97. The maximum absolute atomic E-state index is 12.8. The summed E-state index contributed by atoms with van der Waals surface area (Å²) in [6.07, 6.45) is 3.16. The Labute approximate surface area is 132 Å². The molecule has 3 rings (SSSR count). The Kier molecular flexibility index (Phi) is 4.31. The van der Waals surface area contributed by atoms with Crippen molar-refractivity contribution < 1.29 is 13.2 Å². The van der Waals surface area contributed by atoms with E-state index < -0.39 is 10.0 Å². The molecule has 1 saturated heterocycles. The van der Waals surface area contributed by atoms with Crippen molar-refractivity contribution in [3.63, 3.8) is 0 Å². The molecule has 1 saturated carbocycles. The van der Waals surface area contributed by atoms with Crippen molar-refractivity contribution in [2.45, 2.75) is 39.2 Å². The molecule has 1 aromatic heterocycles. The summed E-state index contributed by atoms with van der Waals surface area (Å²) in [6.45, 7) is 5.24. The first-order chi connectivity index (χ1) is 10.4. The zero-order valence-electron chi connectivity index (χ0n) is 13.6. The zero-order chi connectivity index (χ0) is 15.9. The molecule has 1 aromatic rings. The zero-order valence-corrected chi connectivity index (χ0v) is 14.4. The summed E-state index contributed by atoms with van der Waals surface area (Å²) in [5.41, 5.74) is 2.89. The van der Waals surface area contributed by atoms with E-state index in [0.29, 0.717) is 25.7 Å². The summed E-state index contributed by atoms with van der Waals surface area (Å²) >= 11 is 0. The number of aryl methyl sites for hydroxylation is 2. The van der Waals surface area contributed by atoms with Crippen LogP contribution in [0.1, 0.15) is 42.3 Å². The molecule has 7 heteroatoms. The average Bonchev–Trinajstić information content (AvgIpc) is 3.26. The molecule has 1 aliphatic heterocycles. The summed E-state index contributed by atoms with van der Waals surface area (Å²) in [4.78, 5) is 0. The first kappa shape index (κ1) is 16.0. The normalized spacial score (nSPS) is 23.9. The van der Waals surface area contributed by atoms with Gasteiger partial charge in [0.15, 0.2) is 0 Å². The Balaban J connectivity index is 1.87. The van der Waals surface area contributed by atoms with Gasteiger partial charge < -0.3 is 4.74 Å². The molecule has 2 aliphatic rings. The Bertz CT molecular complexity index is 649. The molecule has 0 bridgehead atoms. The molecule has 0 spiro atoms. The van der Waals surface area contributed by atoms with E-state index in [9.17, 15) is 8.42 Å². The number of ether oxygens (including phenoxy) is 1. The standard InChI is InChI=1S/C15H25N3O3S/c1-11-15(12(2)17(3)16-11)14-10-21-8-7-18(14)22(19,20)9-6-13-4-5-13/h13-14H,4-10H2,1-3H3/t14-/m1/s1. The van der Waals surface area contributed by atoms with E-state index in [2.05, 4.69) is 5.10 Å². The molecule has 1 atom stereocenters. The lowest BCUT2D eigenvalue weighted by Gasteiger charge is -2.35. The van der Waals surface area contributed by atoms with Crippen molar-refractivity contribution in [2.24, 2.45) is 13.0 Å². The molecule has 124 valence electrons. The van der Waals surface area contributed by atoms with E-state index in [-0.39, 0.29) is 11.8 Å². The number of nitrogens with zero attached hydrogens (tertiary/aromatic N) is 3. The van der Waals surface area contributed by atoms with Crippen molar-refractivity contribution in [3.05, 3.63) is 17.0 Å². The summed E-state index contributed by atoms with van der Waals surface area (Å²) in [7, 11) is -1.35. The second kappa shape index (κ2) is 5.94. The predicted octanol–water partition coefficient (Wildman–Crippen LogP) is 1.54. The minimum absolute atomic E-state index is 0.244.